The predicted molar refractivity (Wildman–Crippen MR) is 75.5 cm³/mol. The average Bonchev–Trinajstić information content (AvgIpc) is 2.21. The molecule has 0 N–H and O–H groups in total. The lowest BCUT2D eigenvalue weighted by atomic mass is 9.84. The van der Waals surface area contributed by atoms with E-state index in [2.05, 4.69) is 57.8 Å². The predicted octanol–water partition coefficient (Wildman–Crippen LogP) is 4.06. The molecule has 0 saturated heterocycles. The normalized spacial score (nSPS) is 17.1. The van der Waals surface area contributed by atoms with E-state index in [1.54, 1.807) is 0 Å². The molecule has 1 heterocycles. The maximum atomic E-state index is 2.39. The molecule has 0 saturated carbocycles. The van der Waals surface area contributed by atoms with Crippen LogP contribution in [0.1, 0.15) is 45.2 Å². The Hall–Kier alpha value is -0.980. The summed E-state index contributed by atoms with van der Waals surface area (Å²) >= 11 is 0. The third-order valence-corrected chi connectivity index (χ3v) is 3.49. The summed E-state index contributed by atoms with van der Waals surface area (Å²) in [6.45, 7) is 10.3. The first-order valence-electron chi connectivity index (χ1n) is 6.54. The summed E-state index contributed by atoms with van der Waals surface area (Å²) in [6, 6.07) is 6.98. The van der Waals surface area contributed by atoms with Crippen LogP contribution in [-0.4, -0.2) is 13.6 Å². The molecule has 0 amide bonds. The largest absolute Gasteiger partial charge is 0.374 e. The molecule has 0 aliphatic carbocycles. The molecule has 1 aromatic rings. The Morgan fingerprint density at radius 3 is 2.59 bits per heavy atom. The fourth-order valence-corrected chi connectivity index (χ4v) is 2.57. The van der Waals surface area contributed by atoms with Gasteiger partial charge in [0.15, 0.2) is 0 Å². The van der Waals surface area contributed by atoms with E-state index >= 15 is 0 Å². The average molecular weight is 230 g/mol. The number of fused-ring (bicyclic) bond motifs is 1. The maximum Gasteiger partial charge on any atom is 0.0402 e. The molecule has 1 aliphatic heterocycles. The number of anilines is 1. The van der Waals surface area contributed by atoms with Crippen LogP contribution in [0.3, 0.4) is 0 Å². The quantitative estimate of drug-likeness (QED) is 0.703. The minimum absolute atomic E-state index is 0.364. The van der Waals surface area contributed by atoms with Crippen molar-refractivity contribution < 1.29 is 0 Å². The highest BCUT2D eigenvalue weighted by Gasteiger charge is 2.21. The first-order chi connectivity index (χ1) is 7.87. The molecule has 1 heteroatoms. The second kappa shape index (κ2) is 4.36. The van der Waals surface area contributed by atoms with Crippen molar-refractivity contribution in [1.82, 2.24) is 0 Å². The zero-order valence-corrected chi connectivity index (χ0v) is 11.8. The van der Waals surface area contributed by atoms with Crippen molar-refractivity contribution in [1.29, 1.82) is 0 Å². The first-order valence-corrected chi connectivity index (χ1v) is 6.54. The Morgan fingerprint density at radius 1 is 1.24 bits per heavy atom. The third kappa shape index (κ3) is 2.83. The van der Waals surface area contributed by atoms with Gasteiger partial charge in [0, 0.05) is 25.2 Å². The molecule has 1 aromatic carbocycles. The molecule has 17 heavy (non-hydrogen) atoms. The van der Waals surface area contributed by atoms with E-state index in [1.807, 2.05) is 0 Å². The molecular weight excluding hydrogens is 206 g/mol. The molecule has 0 aromatic heterocycles. The van der Waals surface area contributed by atoms with Gasteiger partial charge in [-0.3, -0.25) is 0 Å². The zero-order valence-electron chi connectivity index (χ0n) is 11.8. The van der Waals surface area contributed by atoms with E-state index in [9.17, 15) is 0 Å². The summed E-state index contributed by atoms with van der Waals surface area (Å²) < 4.78 is 0. The smallest absolute Gasteiger partial charge is 0.0402 e. The van der Waals surface area contributed by atoms with E-state index in [0.29, 0.717) is 5.41 Å². The summed E-state index contributed by atoms with van der Waals surface area (Å²) in [5.41, 5.74) is 4.68. The van der Waals surface area contributed by atoms with E-state index in [0.717, 1.165) is 13.0 Å². The topological polar surface area (TPSA) is 3.24 Å². The zero-order chi connectivity index (χ0) is 12.6. The second-order valence-electron chi connectivity index (χ2n) is 6.54. The van der Waals surface area contributed by atoms with Gasteiger partial charge in [-0.05, 0) is 35.4 Å². The van der Waals surface area contributed by atoms with Gasteiger partial charge in [0.25, 0.3) is 0 Å². The first kappa shape index (κ1) is 12.5. The molecule has 2 rings (SSSR count). The van der Waals surface area contributed by atoms with Crippen molar-refractivity contribution >= 4 is 5.69 Å². The van der Waals surface area contributed by atoms with E-state index in [-0.39, 0.29) is 0 Å². The van der Waals surface area contributed by atoms with Crippen LogP contribution in [0.4, 0.5) is 5.69 Å². The highest BCUT2D eigenvalue weighted by Crippen LogP contribution is 2.35. The lowest BCUT2D eigenvalue weighted by Crippen LogP contribution is -2.26. The molecule has 93 valence electrons. The van der Waals surface area contributed by atoms with Crippen LogP contribution in [0.15, 0.2) is 18.2 Å². The Kier molecular flexibility index (Phi) is 3.20. The van der Waals surface area contributed by atoms with Crippen LogP contribution in [0.5, 0.6) is 0 Å². The summed E-state index contributed by atoms with van der Waals surface area (Å²) in [6.07, 6.45) is 2.35. The Labute approximate surface area is 106 Å². The molecule has 0 spiro atoms. The number of hydrogen-bond donors (Lipinski definition) is 0. The summed E-state index contributed by atoms with van der Waals surface area (Å²) in [5, 5.41) is 0. The van der Waals surface area contributed by atoms with Crippen LogP contribution in [-0.2, 0) is 6.42 Å². The van der Waals surface area contributed by atoms with Crippen molar-refractivity contribution in [2.45, 2.75) is 40.5 Å². The van der Waals surface area contributed by atoms with Crippen LogP contribution in [0, 0.1) is 11.3 Å². The van der Waals surface area contributed by atoms with Gasteiger partial charge in [-0.2, -0.15) is 0 Å². The van der Waals surface area contributed by atoms with Crippen LogP contribution in [0.2, 0.25) is 0 Å². The van der Waals surface area contributed by atoms with E-state index < -0.39 is 0 Å². The number of benzene rings is 1. The number of nitrogens with zero attached hydrogens (tertiary/aromatic N) is 1. The van der Waals surface area contributed by atoms with Crippen LogP contribution >= 0.6 is 0 Å². The molecule has 0 fully saturated rings. The lowest BCUT2D eigenvalue weighted by molar-refractivity contribution is 0.411. The van der Waals surface area contributed by atoms with E-state index in [4.69, 9.17) is 0 Å². The van der Waals surface area contributed by atoms with Crippen molar-refractivity contribution in [3.05, 3.63) is 35.2 Å². The van der Waals surface area contributed by atoms with Crippen molar-refractivity contribution in [2.24, 2.45) is 5.41 Å². The van der Waals surface area contributed by atoms with Crippen molar-refractivity contribution in [2.75, 3.05) is 18.5 Å². The summed E-state index contributed by atoms with van der Waals surface area (Å²) in [7, 11) is 2.19. The SMILES string of the molecule is C[C]1CCN(C)c2ccc(CC(C)(C)C)cc21. The monoisotopic (exact) mass is 230 g/mol. The highest BCUT2D eigenvalue weighted by atomic mass is 15.1. The molecule has 1 radical (unpaired) electrons. The van der Waals surface area contributed by atoms with Crippen LogP contribution in [0.25, 0.3) is 0 Å². The second-order valence-corrected chi connectivity index (χ2v) is 6.54. The Balaban J connectivity index is 2.32. The fourth-order valence-electron chi connectivity index (χ4n) is 2.57. The third-order valence-electron chi connectivity index (χ3n) is 3.49. The van der Waals surface area contributed by atoms with Gasteiger partial charge in [0.2, 0.25) is 0 Å². The maximum absolute atomic E-state index is 2.39. The molecule has 1 aliphatic rings. The number of rotatable bonds is 1. The molecule has 0 bridgehead atoms. The van der Waals surface area contributed by atoms with Gasteiger partial charge in [-0.1, -0.05) is 39.8 Å². The fraction of sp³-hybridized carbons (Fsp3) is 0.562. The van der Waals surface area contributed by atoms with Gasteiger partial charge in [0.1, 0.15) is 0 Å². The summed E-state index contributed by atoms with van der Waals surface area (Å²) in [4.78, 5) is 2.36. The number of hydrogen-bond acceptors (Lipinski definition) is 1. The van der Waals surface area contributed by atoms with Crippen molar-refractivity contribution in [3.8, 4) is 0 Å². The highest BCUT2D eigenvalue weighted by molar-refractivity contribution is 5.62. The van der Waals surface area contributed by atoms with Crippen molar-refractivity contribution in [3.63, 3.8) is 0 Å². The van der Waals surface area contributed by atoms with Gasteiger partial charge in [0.05, 0.1) is 0 Å². The molecule has 1 nitrogen and oxygen atoms in total. The molecule has 0 unspecified atom stereocenters. The Bertz CT molecular complexity index is 400. The lowest BCUT2D eigenvalue weighted by Gasteiger charge is -2.32. The van der Waals surface area contributed by atoms with Crippen LogP contribution < -0.4 is 4.90 Å². The molecular formula is C16H24N. The van der Waals surface area contributed by atoms with E-state index in [1.165, 1.54) is 29.2 Å². The minimum atomic E-state index is 0.364. The standard InChI is InChI=1S/C16H24N/c1-12-8-9-17(5)15-7-6-13(10-14(12)15)11-16(2,3)4/h6-7,10H,8-9,11H2,1-5H3. The van der Waals surface area contributed by atoms with Gasteiger partial charge in [-0.25, -0.2) is 0 Å². The Morgan fingerprint density at radius 2 is 1.94 bits per heavy atom. The van der Waals surface area contributed by atoms with Gasteiger partial charge < -0.3 is 4.90 Å². The molecule has 0 atom stereocenters. The summed E-state index contributed by atoms with van der Waals surface area (Å²) in [5.74, 6) is 1.54. The minimum Gasteiger partial charge on any atom is -0.374 e. The van der Waals surface area contributed by atoms with Gasteiger partial charge in [-0.15, -0.1) is 0 Å². The van der Waals surface area contributed by atoms with Gasteiger partial charge >= 0.3 is 0 Å².